The predicted molar refractivity (Wildman–Crippen MR) is 77.5 cm³/mol. The maximum absolute atomic E-state index is 6.00. The number of aryl methyl sites for hydroxylation is 1. The van der Waals surface area contributed by atoms with Crippen molar-refractivity contribution in [2.24, 2.45) is 5.73 Å². The minimum absolute atomic E-state index is 0.132. The Bertz CT molecular complexity index is 369. The van der Waals surface area contributed by atoms with E-state index in [0.717, 1.165) is 43.0 Å². The fourth-order valence-corrected chi connectivity index (χ4v) is 1.73. The smallest absolute Gasteiger partial charge is 0.140 e. The summed E-state index contributed by atoms with van der Waals surface area (Å²) in [4.78, 5) is 4.53. The maximum atomic E-state index is 6.00. The van der Waals surface area contributed by atoms with Gasteiger partial charge in [0, 0.05) is 24.8 Å². The summed E-state index contributed by atoms with van der Waals surface area (Å²) < 4.78 is 11.1. The molecule has 1 unspecified atom stereocenters. The first-order valence-electron chi connectivity index (χ1n) is 7.10. The Morgan fingerprint density at radius 3 is 2.68 bits per heavy atom. The Labute approximate surface area is 116 Å². The second-order valence-electron chi connectivity index (χ2n) is 4.73. The maximum Gasteiger partial charge on any atom is 0.140 e. The number of ether oxygens (including phenoxy) is 2. The van der Waals surface area contributed by atoms with E-state index in [1.807, 2.05) is 19.1 Å². The Hall–Kier alpha value is -1.13. The van der Waals surface area contributed by atoms with Gasteiger partial charge in [-0.1, -0.05) is 13.8 Å². The molecular weight excluding hydrogens is 240 g/mol. The molecule has 0 radical (unpaired) electrons. The Morgan fingerprint density at radius 2 is 2.00 bits per heavy atom. The highest BCUT2D eigenvalue weighted by atomic mass is 16.5. The molecule has 0 saturated heterocycles. The van der Waals surface area contributed by atoms with Crippen LogP contribution in [-0.4, -0.2) is 30.8 Å². The lowest BCUT2D eigenvalue weighted by Gasteiger charge is -2.14. The SMILES string of the molecule is CCCOCCOc1ccc(C)nc1CC(N)CC. The van der Waals surface area contributed by atoms with E-state index in [1.54, 1.807) is 0 Å². The average Bonchev–Trinajstić information content (AvgIpc) is 2.40. The molecule has 0 aliphatic rings. The molecule has 1 atom stereocenters. The Balaban J connectivity index is 2.55. The molecule has 4 heteroatoms. The van der Waals surface area contributed by atoms with E-state index in [1.165, 1.54) is 0 Å². The van der Waals surface area contributed by atoms with Crippen LogP contribution in [0.3, 0.4) is 0 Å². The molecule has 0 spiro atoms. The van der Waals surface area contributed by atoms with Crippen molar-refractivity contribution in [2.45, 2.75) is 46.1 Å². The predicted octanol–water partition coefficient (Wildman–Crippen LogP) is 2.48. The zero-order valence-electron chi connectivity index (χ0n) is 12.3. The summed E-state index contributed by atoms with van der Waals surface area (Å²) in [6.07, 6.45) is 2.72. The molecule has 19 heavy (non-hydrogen) atoms. The monoisotopic (exact) mass is 266 g/mol. The van der Waals surface area contributed by atoms with E-state index in [0.29, 0.717) is 13.2 Å². The van der Waals surface area contributed by atoms with E-state index >= 15 is 0 Å². The van der Waals surface area contributed by atoms with Crippen LogP contribution in [0.1, 0.15) is 38.1 Å². The van der Waals surface area contributed by atoms with Crippen LogP contribution in [0.15, 0.2) is 12.1 Å². The third-order valence-electron chi connectivity index (χ3n) is 2.89. The zero-order chi connectivity index (χ0) is 14.1. The molecule has 1 rings (SSSR count). The summed E-state index contributed by atoms with van der Waals surface area (Å²) in [7, 11) is 0. The number of nitrogens with zero attached hydrogens (tertiary/aromatic N) is 1. The van der Waals surface area contributed by atoms with E-state index < -0.39 is 0 Å². The first-order chi connectivity index (χ1) is 9.17. The van der Waals surface area contributed by atoms with E-state index in [9.17, 15) is 0 Å². The highest BCUT2D eigenvalue weighted by Gasteiger charge is 2.10. The van der Waals surface area contributed by atoms with Crippen molar-refractivity contribution in [3.8, 4) is 5.75 Å². The minimum Gasteiger partial charge on any atom is -0.489 e. The number of pyridine rings is 1. The van der Waals surface area contributed by atoms with Gasteiger partial charge in [-0.25, -0.2) is 0 Å². The van der Waals surface area contributed by atoms with Crippen molar-refractivity contribution in [1.82, 2.24) is 4.98 Å². The van der Waals surface area contributed by atoms with E-state index in [2.05, 4.69) is 18.8 Å². The first kappa shape index (κ1) is 15.9. The largest absolute Gasteiger partial charge is 0.489 e. The average molecular weight is 266 g/mol. The van der Waals surface area contributed by atoms with Crippen molar-refractivity contribution in [3.63, 3.8) is 0 Å². The van der Waals surface area contributed by atoms with Crippen LogP contribution >= 0.6 is 0 Å². The normalized spacial score (nSPS) is 12.4. The Kier molecular flexibility index (Phi) is 7.45. The molecule has 0 bridgehead atoms. The van der Waals surface area contributed by atoms with Gasteiger partial charge in [-0.15, -0.1) is 0 Å². The van der Waals surface area contributed by atoms with Crippen molar-refractivity contribution in [2.75, 3.05) is 19.8 Å². The number of nitrogens with two attached hydrogens (primary N) is 1. The third-order valence-corrected chi connectivity index (χ3v) is 2.89. The highest BCUT2D eigenvalue weighted by Crippen LogP contribution is 2.18. The molecule has 1 aromatic rings. The van der Waals surface area contributed by atoms with Gasteiger partial charge in [0.05, 0.1) is 12.3 Å². The lowest BCUT2D eigenvalue weighted by molar-refractivity contribution is 0.100. The van der Waals surface area contributed by atoms with Crippen LogP contribution in [0, 0.1) is 6.92 Å². The summed E-state index contributed by atoms with van der Waals surface area (Å²) in [6, 6.07) is 4.07. The van der Waals surface area contributed by atoms with Crippen molar-refractivity contribution in [3.05, 3.63) is 23.5 Å². The molecule has 0 aromatic carbocycles. The molecular formula is C15H26N2O2. The highest BCUT2D eigenvalue weighted by molar-refractivity contribution is 5.30. The van der Waals surface area contributed by atoms with Gasteiger partial charge in [0.25, 0.3) is 0 Å². The summed E-state index contributed by atoms with van der Waals surface area (Å²) in [5, 5.41) is 0. The summed E-state index contributed by atoms with van der Waals surface area (Å²) in [5.74, 6) is 0.828. The van der Waals surface area contributed by atoms with Crippen LogP contribution in [0.4, 0.5) is 0 Å². The topological polar surface area (TPSA) is 57.4 Å². The van der Waals surface area contributed by atoms with Crippen molar-refractivity contribution >= 4 is 0 Å². The standard InChI is InChI=1S/C15H26N2O2/c1-4-8-18-9-10-19-15-7-6-12(3)17-14(15)11-13(16)5-2/h6-7,13H,4-5,8-11,16H2,1-3H3. The van der Waals surface area contributed by atoms with Gasteiger partial charge in [-0.3, -0.25) is 4.98 Å². The number of hydrogen-bond acceptors (Lipinski definition) is 4. The van der Waals surface area contributed by atoms with Crippen LogP contribution < -0.4 is 10.5 Å². The molecule has 0 amide bonds. The van der Waals surface area contributed by atoms with Gasteiger partial charge in [0.15, 0.2) is 0 Å². The molecule has 0 saturated carbocycles. The van der Waals surface area contributed by atoms with Gasteiger partial charge in [-0.05, 0) is 31.9 Å². The van der Waals surface area contributed by atoms with Gasteiger partial charge in [0.1, 0.15) is 12.4 Å². The summed E-state index contributed by atoms with van der Waals surface area (Å²) >= 11 is 0. The van der Waals surface area contributed by atoms with Gasteiger partial charge < -0.3 is 15.2 Å². The fraction of sp³-hybridized carbons (Fsp3) is 0.667. The van der Waals surface area contributed by atoms with Crippen molar-refractivity contribution < 1.29 is 9.47 Å². The van der Waals surface area contributed by atoms with E-state index in [-0.39, 0.29) is 6.04 Å². The van der Waals surface area contributed by atoms with Gasteiger partial charge in [0.2, 0.25) is 0 Å². The lowest BCUT2D eigenvalue weighted by Crippen LogP contribution is -2.22. The third kappa shape index (κ3) is 6.03. The van der Waals surface area contributed by atoms with E-state index in [4.69, 9.17) is 15.2 Å². The first-order valence-corrected chi connectivity index (χ1v) is 7.10. The molecule has 0 aliphatic carbocycles. The number of rotatable bonds is 9. The van der Waals surface area contributed by atoms with Crippen LogP contribution in [-0.2, 0) is 11.2 Å². The molecule has 0 fully saturated rings. The number of aromatic nitrogens is 1. The molecule has 4 nitrogen and oxygen atoms in total. The second-order valence-corrected chi connectivity index (χ2v) is 4.73. The molecule has 0 aliphatic heterocycles. The minimum atomic E-state index is 0.132. The summed E-state index contributed by atoms with van der Waals surface area (Å²) in [5.41, 5.74) is 7.94. The molecule has 108 valence electrons. The quantitative estimate of drug-likeness (QED) is 0.698. The second kappa shape index (κ2) is 8.88. The van der Waals surface area contributed by atoms with Gasteiger partial charge in [-0.2, -0.15) is 0 Å². The molecule has 1 heterocycles. The molecule has 1 aromatic heterocycles. The van der Waals surface area contributed by atoms with Gasteiger partial charge >= 0.3 is 0 Å². The van der Waals surface area contributed by atoms with Crippen molar-refractivity contribution in [1.29, 1.82) is 0 Å². The number of hydrogen-bond donors (Lipinski definition) is 1. The lowest BCUT2D eigenvalue weighted by atomic mass is 10.1. The van der Waals surface area contributed by atoms with Crippen LogP contribution in [0.5, 0.6) is 5.75 Å². The van der Waals surface area contributed by atoms with Crippen LogP contribution in [0.25, 0.3) is 0 Å². The fourth-order valence-electron chi connectivity index (χ4n) is 1.73. The zero-order valence-corrected chi connectivity index (χ0v) is 12.3. The van der Waals surface area contributed by atoms with Crippen LogP contribution in [0.2, 0.25) is 0 Å². The summed E-state index contributed by atoms with van der Waals surface area (Å²) in [6.45, 7) is 8.10. The Morgan fingerprint density at radius 1 is 1.21 bits per heavy atom. The molecule has 2 N–H and O–H groups in total.